The standard InChI is InChI=1S/C20H22F2N6O2/c1-20(2,12-21)26-19(29)30-16-11-24-28-7-5-17(25-18(16)28)27-6-3-4-15(27)13-8-14(22)10-23-9-13/h5,7-11,15H,3-4,6,12H2,1-2H3,(H,26,29)/t15-/m1/s1. The van der Waals surface area contributed by atoms with Gasteiger partial charge in [-0.3, -0.25) is 4.98 Å². The number of fused-ring (bicyclic) bond motifs is 1. The number of nitrogens with one attached hydrogen (secondary N) is 1. The summed E-state index contributed by atoms with van der Waals surface area (Å²) in [5.41, 5.74) is 0.0937. The average Bonchev–Trinajstić information content (AvgIpc) is 3.35. The van der Waals surface area contributed by atoms with Gasteiger partial charge >= 0.3 is 6.09 Å². The molecule has 1 atom stereocenters. The maximum atomic E-state index is 13.6. The van der Waals surface area contributed by atoms with E-state index in [1.165, 1.54) is 23.0 Å². The molecule has 1 aliphatic rings. The predicted molar refractivity (Wildman–Crippen MR) is 106 cm³/mol. The van der Waals surface area contributed by atoms with Crippen molar-refractivity contribution in [1.82, 2.24) is 24.9 Å². The van der Waals surface area contributed by atoms with Crippen LogP contribution in [0.5, 0.6) is 5.75 Å². The van der Waals surface area contributed by atoms with Crippen LogP contribution in [-0.4, -0.2) is 44.4 Å². The molecule has 158 valence electrons. The molecule has 0 aromatic carbocycles. The van der Waals surface area contributed by atoms with Crippen molar-refractivity contribution < 1.29 is 18.3 Å². The molecule has 4 heterocycles. The van der Waals surface area contributed by atoms with Crippen LogP contribution in [0.4, 0.5) is 19.4 Å². The summed E-state index contributed by atoms with van der Waals surface area (Å²) < 4.78 is 33.4. The Morgan fingerprint density at radius 3 is 2.97 bits per heavy atom. The molecule has 1 aliphatic heterocycles. The first-order valence-corrected chi connectivity index (χ1v) is 9.64. The molecular weight excluding hydrogens is 394 g/mol. The summed E-state index contributed by atoms with van der Waals surface area (Å²) in [5, 5.41) is 6.60. The zero-order valence-corrected chi connectivity index (χ0v) is 16.7. The van der Waals surface area contributed by atoms with Gasteiger partial charge in [-0.15, -0.1) is 0 Å². The molecule has 10 heteroatoms. The van der Waals surface area contributed by atoms with Gasteiger partial charge in [-0.05, 0) is 44.4 Å². The van der Waals surface area contributed by atoms with Crippen LogP contribution < -0.4 is 15.0 Å². The molecule has 0 unspecified atom stereocenters. The zero-order valence-electron chi connectivity index (χ0n) is 16.7. The number of hydrogen-bond donors (Lipinski definition) is 1. The molecule has 30 heavy (non-hydrogen) atoms. The lowest BCUT2D eigenvalue weighted by Gasteiger charge is -2.26. The van der Waals surface area contributed by atoms with E-state index in [2.05, 4.69) is 25.3 Å². The summed E-state index contributed by atoms with van der Waals surface area (Å²) in [7, 11) is 0. The fourth-order valence-electron chi connectivity index (χ4n) is 3.50. The first-order chi connectivity index (χ1) is 14.4. The van der Waals surface area contributed by atoms with Crippen LogP contribution in [0, 0.1) is 5.82 Å². The van der Waals surface area contributed by atoms with Crippen molar-refractivity contribution in [2.45, 2.75) is 38.3 Å². The number of halogens is 2. The van der Waals surface area contributed by atoms with Crippen molar-refractivity contribution in [3.8, 4) is 5.75 Å². The van der Waals surface area contributed by atoms with E-state index in [-0.39, 0.29) is 17.6 Å². The first-order valence-electron chi connectivity index (χ1n) is 9.64. The van der Waals surface area contributed by atoms with Gasteiger partial charge in [-0.1, -0.05) is 0 Å². The summed E-state index contributed by atoms with van der Waals surface area (Å²) in [4.78, 5) is 22.8. The molecule has 0 radical (unpaired) electrons. The highest BCUT2D eigenvalue weighted by molar-refractivity contribution is 5.74. The number of carbonyl (C=O) groups excluding carboxylic acids is 1. The highest BCUT2D eigenvalue weighted by Gasteiger charge is 2.28. The van der Waals surface area contributed by atoms with Crippen LogP contribution in [0.15, 0.2) is 36.9 Å². The van der Waals surface area contributed by atoms with Crippen LogP contribution in [0.2, 0.25) is 0 Å². The minimum atomic E-state index is -1.04. The Bertz CT molecular complexity index is 1070. The highest BCUT2D eigenvalue weighted by Crippen LogP contribution is 2.35. The predicted octanol–water partition coefficient (Wildman–Crippen LogP) is 3.44. The van der Waals surface area contributed by atoms with Crippen molar-refractivity contribution in [3.63, 3.8) is 0 Å². The van der Waals surface area contributed by atoms with E-state index in [1.54, 1.807) is 32.3 Å². The van der Waals surface area contributed by atoms with Crippen LogP contribution in [-0.2, 0) is 0 Å². The minimum absolute atomic E-state index is 0.0518. The van der Waals surface area contributed by atoms with E-state index in [4.69, 9.17) is 4.74 Å². The van der Waals surface area contributed by atoms with Gasteiger partial charge in [0.15, 0.2) is 5.75 Å². The van der Waals surface area contributed by atoms with Crippen LogP contribution >= 0.6 is 0 Å². The summed E-state index contributed by atoms with van der Waals surface area (Å²) in [6.07, 6.45) is 6.93. The molecule has 1 saturated heterocycles. The largest absolute Gasteiger partial charge is 0.413 e. The minimum Gasteiger partial charge on any atom is -0.405 e. The zero-order chi connectivity index (χ0) is 21.3. The van der Waals surface area contributed by atoms with Crippen molar-refractivity contribution in [3.05, 3.63) is 48.3 Å². The number of pyridine rings is 1. The molecule has 0 saturated carbocycles. The Kier molecular flexibility index (Phi) is 5.23. The number of nitrogens with zero attached hydrogens (tertiary/aromatic N) is 5. The van der Waals surface area contributed by atoms with Gasteiger partial charge in [0.2, 0.25) is 5.65 Å². The second-order valence-electron chi connectivity index (χ2n) is 7.88. The van der Waals surface area contributed by atoms with Crippen molar-refractivity contribution in [1.29, 1.82) is 0 Å². The number of rotatable bonds is 5. The Hall–Kier alpha value is -3.30. The molecule has 1 amide bonds. The van der Waals surface area contributed by atoms with E-state index >= 15 is 0 Å². The van der Waals surface area contributed by atoms with E-state index in [0.29, 0.717) is 11.5 Å². The summed E-state index contributed by atoms with van der Waals surface area (Å²) in [6.45, 7) is 3.12. The molecule has 3 aromatic rings. The quantitative estimate of drug-likeness (QED) is 0.686. The number of carbonyl (C=O) groups is 1. The summed E-state index contributed by atoms with van der Waals surface area (Å²) in [5.74, 6) is 0.438. The second kappa shape index (κ2) is 7.85. The van der Waals surface area contributed by atoms with Crippen LogP contribution in [0.1, 0.15) is 38.3 Å². The van der Waals surface area contributed by atoms with Gasteiger partial charge in [0.05, 0.1) is 24.0 Å². The monoisotopic (exact) mass is 416 g/mol. The Balaban J connectivity index is 1.60. The molecule has 1 fully saturated rings. The summed E-state index contributed by atoms with van der Waals surface area (Å²) >= 11 is 0. The summed E-state index contributed by atoms with van der Waals surface area (Å²) in [6, 6.07) is 3.24. The molecule has 1 N–H and O–H groups in total. The van der Waals surface area contributed by atoms with Gasteiger partial charge in [-0.25, -0.2) is 23.1 Å². The Morgan fingerprint density at radius 2 is 2.20 bits per heavy atom. The smallest absolute Gasteiger partial charge is 0.405 e. The maximum Gasteiger partial charge on any atom is 0.413 e. The molecule has 0 bridgehead atoms. The van der Waals surface area contributed by atoms with Crippen LogP contribution in [0.25, 0.3) is 5.65 Å². The van der Waals surface area contributed by atoms with E-state index in [1.807, 2.05) is 0 Å². The van der Waals surface area contributed by atoms with Gasteiger partial charge in [0.1, 0.15) is 18.3 Å². The van der Waals surface area contributed by atoms with Gasteiger partial charge in [0, 0.05) is 18.9 Å². The molecule has 4 rings (SSSR count). The number of anilines is 1. The SMILES string of the molecule is CC(C)(CF)NC(=O)Oc1cnn2ccc(N3CCC[C@@H]3c3cncc(F)c3)nc12. The van der Waals surface area contributed by atoms with E-state index in [0.717, 1.165) is 24.9 Å². The fourth-order valence-corrected chi connectivity index (χ4v) is 3.50. The van der Waals surface area contributed by atoms with Gasteiger partial charge < -0.3 is 15.0 Å². The van der Waals surface area contributed by atoms with Crippen LogP contribution in [0.3, 0.4) is 0 Å². The lowest BCUT2D eigenvalue weighted by Crippen LogP contribution is -2.46. The number of aromatic nitrogens is 4. The Morgan fingerprint density at radius 1 is 1.37 bits per heavy atom. The van der Waals surface area contributed by atoms with Gasteiger partial charge in [0.25, 0.3) is 0 Å². The van der Waals surface area contributed by atoms with Crippen molar-refractivity contribution >= 4 is 17.6 Å². The van der Waals surface area contributed by atoms with E-state index in [9.17, 15) is 13.6 Å². The first kappa shape index (κ1) is 20.0. The average molecular weight is 416 g/mol. The number of amides is 1. The Labute approximate surface area is 171 Å². The third-order valence-electron chi connectivity index (χ3n) is 4.96. The molecule has 3 aromatic heterocycles. The molecule has 8 nitrogen and oxygen atoms in total. The van der Waals surface area contributed by atoms with Gasteiger partial charge in [-0.2, -0.15) is 5.10 Å². The second-order valence-corrected chi connectivity index (χ2v) is 7.88. The third kappa shape index (κ3) is 4.03. The lowest BCUT2D eigenvalue weighted by molar-refractivity contribution is 0.182. The molecular formula is C20H22F2N6O2. The van der Waals surface area contributed by atoms with E-state index < -0.39 is 18.3 Å². The molecule has 0 aliphatic carbocycles. The highest BCUT2D eigenvalue weighted by atomic mass is 19.1. The maximum absolute atomic E-state index is 13.6. The topological polar surface area (TPSA) is 84.6 Å². The fraction of sp³-hybridized carbons (Fsp3) is 0.400. The number of ether oxygens (including phenoxy) is 1. The molecule has 0 spiro atoms. The number of hydrogen-bond acceptors (Lipinski definition) is 6. The third-order valence-corrected chi connectivity index (χ3v) is 4.96. The number of alkyl halides is 1. The lowest BCUT2D eigenvalue weighted by atomic mass is 10.1. The van der Waals surface area contributed by atoms with Crippen molar-refractivity contribution in [2.75, 3.05) is 18.1 Å². The normalized spacial score (nSPS) is 16.8. The van der Waals surface area contributed by atoms with Crippen molar-refractivity contribution in [2.24, 2.45) is 0 Å².